The molecule has 0 amide bonds. The molecular weight excluding hydrogens is 346 g/mol. The number of hydrogen-bond donors (Lipinski definition) is 1. The van der Waals surface area contributed by atoms with Gasteiger partial charge in [0.2, 0.25) is 0 Å². The van der Waals surface area contributed by atoms with Gasteiger partial charge in [0.1, 0.15) is 12.4 Å². The smallest absolute Gasteiger partial charge is 0.138 e. The molecule has 0 radical (unpaired) electrons. The van der Waals surface area contributed by atoms with Crippen LogP contribution in [0.4, 0.5) is 0 Å². The lowest BCUT2D eigenvalue weighted by molar-refractivity contribution is -0.0168. The van der Waals surface area contributed by atoms with Crippen molar-refractivity contribution in [2.75, 3.05) is 19.7 Å². The van der Waals surface area contributed by atoms with Crippen LogP contribution in [0.1, 0.15) is 36.0 Å². The molecule has 0 bridgehead atoms. The summed E-state index contributed by atoms with van der Waals surface area (Å²) in [5.74, 6) is 0.654. The molecule has 0 saturated carbocycles. The summed E-state index contributed by atoms with van der Waals surface area (Å²) in [4.78, 5) is 2.42. The van der Waals surface area contributed by atoms with Gasteiger partial charge in [-0.25, -0.2) is 0 Å². The number of aryl methyl sites for hydroxylation is 2. The van der Waals surface area contributed by atoms with Crippen molar-refractivity contribution in [3.63, 3.8) is 0 Å². The number of halogens is 1. The van der Waals surface area contributed by atoms with E-state index in [9.17, 15) is 5.11 Å². The van der Waals surface area contributed by atoms with E-state index in [0.29, 0.717) is 17.2 Å². The van der Waals surface area contributed by atoms with E-state index in [2.05, 4.69) is 36.1 Å². The molecule has 4 heteroatoms. The van der Waals surface area contributed by atoms with Gasteiger partial charge >= 0.3 is 0 Å². The third-order valence-electron chi connectivity index (χ3n) is 5.12. The van der Waals surface area contributed by atoms with Crippen LogP contribution in [0, 0.1) is 13.8 Å². The van der Waals surface area contributed by atoms with Gasteiger partial charge < -0.3 is 9.84 Å². The molecule has 2 aromatic rings. The van der Waals surface area contributed by atoms with Crippen LogP contribution >= 0.6 is 11.6 Å². The topological polar surface area (TPSA) is 32.7 Å². The van der Waals surface area contributed by atoms with Crippen LogP contribution in [0.2, 0.25) is 5.02 Å². The molecule has 1 heterocycles. The molecule has 0 spiro atoms. The first kappa shape index (κ1) is 19.2. The third-order valence-corrected chi connectivity index (χ3v) is 5.43. The van der Waals surface area contributed by atoms with E-state index in [1.54, 1.807) is 0 Å². The minimum absolute atomic E-state index is 0.286. The van der Waals surface area contributed by atoms with Crippen molar-refractivity contribution >= 4 is 11.6 Å². The number of ether oxygens (including phenoxy) is 1. The van der Waals surface area contributed by atoms with Gasteiger partial charge in [-0.05, 0) is 62.9 Å². The molecule has 2 aromatic carbocycles. The molecule has 1 fully saturated rings. The summed E-state index contributed by atoms with van der Waals surface area (Å²) in [6.45, 7) is 7.20. The predicted molar refractivity (Wildman–Crippen MR) is 107 cm³/mol. The second-order valence-electron chi connectivity index (χ2n) is 7.56. The van der Waals surface area contributed by atoms with Crippen molar-refractivity contribution in [1.82, 2.24) is 4.90 Å². The van der Waals surface area contributed by atoms with E-state index in [0.717, 1.165) is 38.0 Å². The zero-order valence-electron chi connectivity index (χ0n) is 15.7. The van der Waals surface area contributed by atoms with Crippen molar-refractivity contribution in [3.05, 3.63) is 64.2 Å². The Morgan fingerprint density at radius 1 is 1.04 bits per heavy atom. The molecule has 1 saturated heterocycles. The highest BCUT2D eigenvalue weighted by Gasteiger charge is 2.31. The van der Waals surface area contributed by atoms with E-state index in [1.165, 1.54) is 11.1 Å². The van der Waals surface area contributed by atoms with Gasteiger partial charge in [0.15, 0.2) is 0 Å². The van der Waals surface area contributed by atoms with Crippen LogP contribution in [-0.2, 0) is 6.54 Å². The van der Waals surface area contributed by atoms with Gasteiger partial charge in [0.05, 0.1) is 10.6 Å². The molecule has 140 valence electrons. The normalized spacial score (nSPS) is 21.4. The SMILES string of the molecule is Cc1ccc(CN2CCCC(O)(COc3cc(C)ccc3Cl)CC2)cc1. The Bertz CT molecular complexity index is 731. The zero-order chi connectivity index (χ0) is 18.6. The number of hydrogen-bond acceptors (Lipinski definition) is 3. The van der Waals surface area contributed by atoms with Crippen molar-refractivity contribution in [2.45, 2.75) is 45.3 Å². The predicted octanol–water partition coefficient (Wildman–Crippen LogP) is 4.75. The Morgan fingerprint density at radius 3 is 2.54 bits per heavy atom. The summed E-state index contributed by atoms with van der Waals surface area (Å²) in [7, 11) is 0. The van der Waals surface area contributed by atoms with E-state index >= 15 is 0 Å². The Morgan fingerprint density at radius 2 is 1.77 bits per heavy atom. The van der Waals surface area contributed by atoms with Gasteiger partial charge in [0, 0.05) is 13.1 Å². The fourth-order valence-electron chi connectivity index (χ4n) is 3.42. The average Bonchev–Trinajstić information content (AvgIpc) is 2.80. The van der Waals surface area contributed by atoms with Crippen LogP contribution in [0.5, 0.6) is 5.75 Å². The quantitative estimate of drug-likeness (QED) is 0.820. The number of benzene rings is 2. The highest BCUT2D eigenvalue weighted by molar-refractivity contribution is 6.32. The standard InChI is InChI=1S/C22H28ClNO2/c1-17-4-7-19(8-5-17)15-24-12-3-10-22(25,11-13-24)16-26-21-14-18(2)6-9-20(21)23/h4-9,14,25H,3,10-13,15-16H2,1-2H3. The highest BCUT2D eigenvalue weighted by Crippen LogP contribution is 2.29. The maximum Gasteiger partial charge on any atom is 0.138 e. The van der Waals surface area contributed by atoms with Crippen LogP contribution in [-0.4, -0.2) is 35.3 Å². The largest absolute Gasteiger partial charge is 0.489 e. The third kappa shape index (κ3) is 5.23. The molecule has 1 aliphatic heterocycles. The molecule has 0 aliphatic carbocycles. The number of likely N-dealkylation sites (tertiary alicyclic amines) is 1. The van der Waals surface area contributed by atoms with E-state index in [4.69, 9.17) is 16.3 Å². The molecule has 3 rings (SSSR count). The van der Waals surface area contributed by atoms with E-state index in [1.807, 2.05) is 25.1 Å². The van der Waals surface area contributed by atoms with E-state index in [-0.39, 0.29) is 6.61 Å². The maximum absolute atomic E-state index is 11.0. The highest BCUT2D eigenvalue weighted by atomic mass is 35.5. The first-order valence-corrected chi connectivity index (χ1v) is 9.71. The lowest BCUT2D eigenvalue weighted by Crippen LogP contribution is -2.37. The summed E-state index contributed by atoms with van der Waals surface area (Å²) in [6.07, 6.45) is 2.43. The average molecular weight is 374 g/mol. The number of aliphatic hydroxyl groups is 1. The number of nitrogens with zero attached hydrogens (tertiary/aromatic N) is 1. The minimum Gasteiger partial charge on any atom is -0.489 e. The van der Waals surface area contributed by atoms with Gasteiger partial charge in [0.25, 0.3) is 0 Å². The van der Waals surface area contributed by atoms with E-state index < -0.39 is 5.60 Å². The fraction of sp³-hybridized carbons (Fsp3) is 0.455. The van der Waals surface area contributed by atoms with Crippen LogP contribution in [0.3, 0.4) is 0 Å². The molecule has 1 N–H and O–H groups in total. The molecular formula is C22H28ClNO2. The summed E-state index contributed by atoms with van der Waals surface area (Å²) < 4.78 is 5.88. The summed E-state index contributed by atoms with van der Waals surface area (Å²) in [5.41, 5.74) is 2.91. The minimum atomic E-state index is -0.797. The second kappa shape index (κ2) is 8.43. The van der Waals surface area contributed by atoms with Crippen molar-refractivity contribution in [1.29, 1.82) is 0 Å². The summed E-state index contributed by atoms with van der Waals surface area (Å²) in [5, 5.41) is 11.6. The van der Waals surface area contributed by atoms with Gasteiger partial charge in [-0.1, -0.05) is 47.5 Å². The zero-order valence-corrected chi connectivity index (χ0v) is 16.4. The Hall–Kier alpha value is -1.55. The lowest BCUT2D eigenvalue weighted by Gasteiger charge is -2.27. The van der Waals surface area contributed by atoms with Crippen molar-refractivity contribution in [3.8, 4) is 5.75 Å². The van der Waals surface area contributed by atoms with Crippen LogP contribution in [0.25, 0.3) is 0 Å². The van der Waals surface area contributed by atoms with Gasteiger partial charge in [-0.2, -0.15) is 0 Å². The summed E-state index contributed by atoms with van der Waals surface area (Å²) >= 11 is 6.20. The van der Waals surface area contributed by atoms with Gasteiger partial charge in [-0.15, -0.1) is 0 Å². The maximum atomic E-state index is 11.0. The molecule has 1 aliphatic rings. The summed E-state index contributed by atoms with van der Waals surface area (Å²) in [6, 6.07) is 14.4. The molecule has 1 unspecified atom stereocenters. The first-order valence-electron chi connectivity index (χ1n) is 9.33. The fourth-order valence-corrected chi connectivity index (χ4v) is 3.59. The Kier molecular flexibility index (Phi) is 6.23. The molecule has 3 nitrogen and oxygen atoms in total. The van der Waals surface area contributed by atoms with Crippen molar-refractivity contribution < 1.29 is 9.84 Å². The Balaban J connectivity index is 1.56. The monoisotopic (exact) mass is 373 g/mol. The van der Waals surface area contributed by atoms with Crippen molar-refractivity contribution in [2.24, 2.45) is 0 Å². The molecule has 26 heavy (non-hydrogen) atoms. The second-order valence-corrected chi connectivity index (χ2v) is 7.97. The van der Waals surface area contributed by atoms with Gasteiger partial charge in [-0.3, -0.25) is 4.90 Å². The molecule has 1 atom stereocenters. The lowest BCUT2D eigenvalue weighted by atomic mass is 9.96. The van der Waals surface area contributed by atoms with Crippen LogP contribution in [0.15, 0.2) is 42.5 Å². The number of rotatable bonds is 5. The van der Waals surface area contributed by atoms with Crippen LogP contribution < -0.4 is 4.74 Å². The first-order chi connectivity index (χ1) is 12.4. The molecule has 0 aromatic heterocycles. The Labute approximate surface area is 161 Å².